The van der Waals surface area contributed by atoms with Crippen LogP contribution in [-0.2, 0) is 6.54 Å². The number of anilines is 1. The first-order valence-electron chi connectivity index (χ1n) is 10.4. The minimum absolute atomic E-state index is 0.295. The third kappa shape index (κ3) is 4.27. The van der Waals surface area contributed by atoms with E-state index in [4.69, 9.17) is 9.84 Å². The van der Waals surface area contributed by atoms with Gasteiger partial charge in [0.15, 0.2) is 0 Å². The Kier molecular flexibility index (Phi) is 5.24. The molecule has 0 spiro atoms. The molecule has 5 aromatic rings. The third-order valence-electron chi connectivity index (χ3n) is 5.31. The van der Waals surface area contributed by atoms with Gasteiger partial charge in [-0.15, -0.1) is 0 Å². The van der Waals surface area contributed by atoms with E-state index >= 15 is 0 Å². The maximum absolute atomic E-state index is 13.3. The van der Waals surface area contributed by atoms with Gasteiger partial charge in [-0.2, -0.15) is 5.10 Å². The van der Waals surface area contributed by atoms with Gasteiger partial charge >= 0.3 is 5.69 Å². The molecule has 0 saturated heterocycles. The van der Waals surface area contributed by atoms with E-state index in [9.17, 15) is 9.59 Å². The van der Waals surface area contributed by atoms with Crippen molar-refractivity contribution >= 4 is 22.6 Å². The highest BCUT2D eigenvalue weighted by Gasteiger charge is 2.19. The number of carbonyl (C=O) groups excluding carboxylic acids is 1. The summed E-state index contributed by atoms with van der Waals surface area (Å²) in [6.07, 6.45) is 1.74. The zero-order chi connectivity index (χ0) is 22.8. The number of rotatable bonds is 6. The number of nitrogens with one attached hydrogen (secondary N) is 3. The Morgan fingerprint density at radius 2 is 1.82 bits per heavy atom. The molecule has 164 valence electrons. The summed E-state index contributed by atoms with van der Waals surface area (Å²) in [4.78, 5) is 30.2. The summed E-state index contributed by atoms with van der Waals surface area (Å²) in [5.74, 6) is 0.377. The molecular formula is C25H21N5O3. The van der Waals surface area contributed by atoms with Crippen molar-refractivity contribution in [2.24, 2.45) is 0 Å². The molecule has 0 bridgehead atoms. The topological polar surface area (TPSA) is 105 Å². The van der Waals surface area contributed by atoms with Crippen LogP contribution >= 0.6 is 0 Å². The average Bonchev–Trinajstić information content (AvgIpc) is 3.42. The van der Waals surface area contributed by atoms with Crippen LogP contribution in [-0.4, -0.2) is 32.8 Å². The molecule has 1 amide bonds. The molecule has 0 aliphatic heterocycles. The number of carbonyl (C=O) groups is 1. The van der Waals surface area contributed by atoms with Gasteiger partial charge in [0.25, 0.3) is 5.91 Å². The van der Waals surface area contributed by atoms with Crippen molar-refractivity contribution in [2.75, 3.05) is 12.4 Å². The molecule has 33 heavy (non-hydrogen) atoms. The van der Waals surface area contributed by atoms with Crippen molar-refractivity contribution in [3.8, 4) is 17.0 Å². The first-order chi connectivity index (χ1) is 16.1. The van der Waals surface area contributed by atoms with Crippen molar-refractivity contribution in [2.45, 2.75) is 6.54 Å². The number of amides is 1. The molecule has 0 aliphatic carbocycles. The van der Waals surface area contributed by atoms with Crippen LogP contribution in [0, 0.1) is 0 Å². The van der Waals surface area contributed by atoms with Gasteiger partial charge < -0.3 is 20.0 Å². The summed E-state index contributed by atoms with van der Waals surface area (Å²) < 4.78 is 7.11. The Bertz CT molecular complexity index is 1500. The van der Waals surface area contributed by atoms with Crippen LogP contribution in [0.15, 0.2) is 83.8 Å². The molecule has 8 heteroatoms. The van der Waals surface area contributed by atoms with E-state index < -0.39 is 0 Å². The van der Waals surface area contributed by atoms with E-state index in [0.29, 0.717) is 40.3 Å². The smallest absolute Gasteiger partial charge is 0.323 e. The molecule has 0 radical (unpaired) electrons. The summed E-state index contributed by atoms with van der Waals surface area (Å²) in [6.45, 7) is 0.529. The average molecular weight is 439 g/mol. The molecule has 8 nitrogen and oxygen atoms in total. The van der Waals surface area contributed by atoms with Crippen molar-refractivity contribution in [1.29, 1.82) is 0 Å². The lowest BCUT2D eigenvalue weighted by atomic mass is 10.1. The largest absolute Gasteiger partial charge is 0.497 e. The standard InChI is InChI=1S/C25H21N5O3/c1-33-19-9-5-8-17(12-19)23-20(15-30(29-23)14-16-6-3-2-4-7-16)24(31)26-18-10-11-21-22(13-18)28-25(32)27-21/h2-13,15H,14H2,1H3,(H,26,31)(H2,27,28,32). The number of nitrogens with zero attached hydrogens (tertiary/aromatic N) is 2. The second kappa shape index (κ2) is 8.51. The van der Waals surface area contributed by atoms with Crippen molar-refractivity contribution in [3.05, 3.63) is 101 Å². The maximum atomic E-state index is 13.3. The summed E-state index contributed by atoms with van der Waals surface area (Å²) in [7, 11) is 1.60. The number of hydrogen-bond donors (Lipinski definition) is 3. The van der Waals surface area contributed by atoms with E-state index in [1.165, 1.54) is 0 Å². The number of methoxy groups -OCH3 is 1. The summed E-state index contributed by atoms with van der Waals surface area (Å²) >= 11 is 0. The molecule has 0 fully saturated rings. The van der Waals surface area contributed by atoms with Crippen LogP contribution in [0.4, 0.5) is 5.69 Å². The van der Waals surface area contributed by atoms with E-state index in [1.54, 1.807) is 36.2 Å². The van der Waals surface area contributed by atoms with Gasteiger partial charge in [0, 0.05) is 17.4 Å². The molecule has 0 unspecified atom stereocenters. The molecular weight excluding hydrogens is 418 g/mol. The number of aromatic amines is 2. The van der Waals surface area contributed by atoms with Gasteiger partial charge in [-0.3, -0.25) is 9.48 Å². The molecule has 3 aromatic carbocycles. The molecule has 3 N–H and O–H groups in total. The second-order valence-corrected chi connectivity index (χ2v) is 7.60. The number of benzene rings is 3. The van der Waals surface area contributed by atoms with E-state index in [1.807, 2.05) is 54.6 Å². The van der Waals surface area contributed by atoms with Crippen LogP contribution in [0.25, 0.3) is 22.3 Å². The van der Waals surface area contributed by atoms with Crippen LogP contribution in [0.3, 0.4) is 0 Å². The van der Waals surface area contributed by atoms with Gasteiger partial charge in [0.05, 0.1) is 30.3 Å². The minimum atomic E-state index is -0.302. The highest BCUT2D eigenvalue weighted by atomic mass is 16.5. The Morgan fingerprint density at radius 3 is 2.64 bits per heavy atom. The van der Waals surface area contributed by atoms with E-state index in [2.05, 4.69) is 15.3 Å². The predicted octanol–water partition coefficient (Wildman–Crippen LogP) is 4.03. The Labute approximate surface area is 188 Å². The normalized spacial score (nSPS) is 10.9. The highest BCUT2D eigenvalue weighted by Crippen LogP contribution is 2.27. The van der Waals surface area contributed by atoms with Gasteiger partial charge in [-0.25, -0.2) is 4.79 Å². The maximum Gasteiger partial charge on any atom is 0.323 e. The van der Waals surface area contributed by atoms with Gasteiger partial charge in [-0.1, -0.05) is 42.5 Å². The van der Waals surface area contributed by atoms with Crippen LogP contribution < -0.4 is 15.7 Å². The van der Waals surface area contributed by atoms with Gasteiger partial charge in [-0.05, 0) is 35.9 Å². The predicted molar refractivity (Wildman–Crippen MR) is 127 cm³/mol. The molecule has 0 aliphatic rings. The Morgan fingerprint density at radius 1 is 1.00 bits per heavy atom. The number of fused-ring (bicyclic) bond motifs is 1. The molecule has 2 heterocycles. The lowest BCUT2D eigenvalue weighted by Crippen LogP contribution is -2.12. The number of H-pyrrole nitrogens is 2. The fraction of sp³-hybridized carbons (Fsp3) is 0.0800. The molecule has 0 saturated carbocycles. The van der Waals surface area contributed by atoms with E-state index in [0.717, 1.165) is 11.1 Å². The summed E-state index contributed by atoms with van der Waals surface area (Å²) in [5.41, 5.74) is 4.39. The Hall–Kier alpha value is -4.59. The summed E-state index contributed by atoms with van der Waals surface area (Å²) in [5, 5.41) is 7.63. The third-order valence-corrected chi connectivity index (χ3v) is 5.31. The lowest BCUT2D eigenvalue weighted by Gasteiger charge is -2.07. The van der Waals surface area contributed by atoms with Gasteiger partial charge in [0.1, 0.15) is 11.4 Å². The van der Waals surface area contributed by atoms with Crippen molar-refractivity contribution < 1.29 is 9.53 Å². The fourth-order valence-corrected chi connectivity index (χ4v) is 3.73. The number of aromatic nitrogens is 4. The first-order valence-corrected chi connectivity index (χ1v) is 10.4. The van der Waals surface area contributed by atoms with Crippen LogP contribution in [0.2, 0.25) is 0 Å². The summed E-state index contributed by atoms with van der Waals surface area (Å²) in [6, 6.07) is 22.6. The Balaban J connectivity index is 1.51. The number of hydrogen-bond acceptors (Lipinski definition) is 4. The lowest BCUT2D eigenvalue weighted by molar-refractivity contribution is 0.102. The van der Waals surface area contributed by atoms with E-state index in [-0.39, 0.29) is 11.6 Å². The highest BCUT2D eigenvalue weighted by molar-refractivity contribution is 6.08. The minimum Gasteiger partial charge on any atom is -0.497 e. The van der Waals surface area contributed by atoms with Crippen molar-refractivity contribution in [3.63, 3.8) is 0 Å². The number of imidazole rings is 1. The molecule has 5 rings (SSSR count). The fourth-order valence-electron chi connectivity index (χ4n) is 3.73. The molecule has 2 aromatic heterocycles. The quantitative estimate of drug-likeness (QED) is 0.371. The zero-order valence-electron chi connectivity index (χ0n) is 17.8. The molecule has 0 atom stereocenters. The zero-order valence-corrected chi connectivity index (χ0v) is 17.8. The van der Waals surface area contributed by atoms with Crippen molar-refractivity contribution in [1.82, 2.24) is 19.7 Å². The monoisotopic (exact) mass is 439 g/mol. The van der Waals surface area contributed by atoms with Crippen LogP contribution in [0.5, 0.6) is 5.75 Å². The van der Waals surface area contributed by atoms with Gasteiger partial charge in [0.2, 0.25) is 0 Å². The second-order valence-electron chi connectivity index (χ2n) is 7.60. The number of ether oxygens (including phenoxy) is 1. The first kappa shape index (κ1) is 20.3. The van der Waals surface area contributed by atoms with Crippen LogP contribution in [0.1, 0.15) is 15.9 Å². The SMILES string of the molecule is COc1cccc(-c2nn(Cc3ccccc3)cc2C(=O)Nc2ccc3[nH]c(=O)[nH]c3c2)c1.